The molecule has 0 saturated carbocycles. The van der Waals surface area contributed by atoms with Crippen molar-refractivity contribution in [3.63, 3.8) is 0 Å². The lowest BCUT2D eigenvalue weighted by Gasteiger charge is -2.02. The lowest BCUT2D eigenvalue weighted by Crippen LogP contribution is -2.33. The number of primary amides is 1. The Balaban J connectivity index is 2.70. The molecule has 0 aliphatic heterocycles. The second kappa shape index (κ2) is 4.31. The maximum atomic E-state index is 12.9. The van der Waals surface area contributed by atoms with Crippen LogP contribution in [0.25, 0.3) is 0 Å². The number of carbonyl (C=O) groups is 2. The first kappa shape index (κ1) is 10.1. The fourth-order valence-corrected chi connectivity index (χ4v) is 0.822. The minimum Gasteiger partial charge on any atom is -0.368 e. The summed E-state index contributed by atoms with van der Waals surface area (Å²) in [6.45, 7) is -0.319. The van der Waals surface area contributed by atoms with Crippen molar-refractivity contribution < 1.29 is 14.0 Å². The Hall–Kier alpha value is -1.98. The molecule has 0 spiro atoms. The van der Waals surface area contributed by atoms with Crippen LogP contribution >= 0.6 is 0 Å². The van der Waals surface area contributed by atoms with Crippen molar-refractivity contribution in [2.45, 2.75) is 0 Å². The normalized spacial score (nSPS) is 9.50. The molecule has 0 aromatic carbocycles. The Morgan fingerprint density at radius 2 is 2.29 bits per heavy atom. The highest BCUT2D eigenvalue weighted by Gasteiger charge is 2.10. The lowest BCUT2D eigenvalue weighted by molar-refractivity contribution is -0.117. The van der Waals surface area contributed by atoms with Crippen molar-refractivity contribution in [3.8, 4) is 0 Å². The van der Waals surface area contributed by atoms with Crippen molar-refractivity contribution in [2.75, 3.05) is 6.54 Å². The Morgan fingerprint density at radius 1 is 1.57 bits per heavy atom. The highest BCUT2D eigenvalue weighted by atomic mass is 19.1. The molecule has 1 aromatic heterocycles. The number of carbonyl (C=O) groups excluding carboxylic acids is 2. The van der Waals surface area contributed by atoms with Gasteiger partial charge in [-0.1, -0.05) is 0 Å². The van der Waals surface area contributed by atoms with E-state index in [4.69, 9.17) is 5.73 Å². The van der Waals surface area contributed by atoms with E-state index in [1.165, 1.54) is 12.3 Å². The molecule has 0 atom stereocenters. The summed E-state index contributed by atoms with van der Waals surface area (Å²) in [6, 6.07) is 1.21. The molecule has 0 bridgehead atoms. The van der Waals surface area contributed by atoms with Crippen molar-refractivity contribution in [3.05, 3.63) is 29.8 Å². The van der Waals surface area contributed by atoms with E-state index in [-0.39, 0.29) is 12.1 Å². The summed E-state index contributed by atoms with van der Waals surface area (Å²) >= 11 is 0. The number of nitrogens with zero attached hydrogens (tertiary/aromatic N) is 1. The number of hydrogen-bond acceptors (Lipinski definition) is 3. The summed E-state index contributed by atoms with van der Waals surface area (Å²) in [5.74, 6) is -2.12. The van der Waals surface area contributed by atoms with Gasteiger partial charge >= 0.3 is 0 Å². The average molecular weight is 197 g/mol. The Morgan fingerprint density at radius 3 is 2.86 bits per heavy atom. The maximum absolute atomic E-state index is 12.9. The number of nitrogens with two attached hydrogens (primary N) is 1. The molecule has 74 valence electrons. The van der Waals surface area contributed by atoms with Gasteiger partial charge in [-0.2, -0.15) is 0 Å². The molecule has 0 fully saturated rings. The van der Waals surface area contributed by atoms with Crippen LogP contribution in [0, 0.1) is 5.82 Å². The molecule has 0 aliphatic rings. The van der Waals surface area contributed by atoms with E-state index in [2.05, 4.69) is 10.3 Å². The zero-order valence-electron chi connectivity index (χ0n) is 7.16. The highest BCUT2D eigenvalue weighted by Crippen LogP contribution is 2.03. The molecular formula is C8H8FN3O2. The van der Waals surface area contributed by atoms with E-state index in [1.807, 2.05) is 0 Å². The molecule has 14 heavy (non-hydrogen) atoms. The second-order valence-corrected chi connectivity index (χ2v) is 2.50. The number of pyridine rings is 1. The van der Waals surface area contributed by atoms with E-state index in [1.54, 1.807) is 0 Å². The first-order valence-electron chi connectivity index (χ1n) is 3.77. The lowest BCUT2D eigenvalue weighted by atomic mass is 10.2. The van der Waals surface area contributed by atoms with Gasteiger partial charge in [-0.25, -0.2) is 4.39 Å². The van der Waals surface area contributed by atoms with Gasteiger partial charge in [-0.3, -0.25) is 14.6 Å². The predicted molar refractivity (Wildman–Crippen MR) is 45.7 cm³/mol. The van der Waals surface area contributed by atoms with Crippen LogP contribution < -0.4 is 11.1 Å². The Labute approximate surface area is 79.1 Å². The zero-order chi connectivity index (χ0) is 10.6. The molecule has 2 amide bonds. The van der Waals surface area contributed by atoms with Crippen LogP contribution in [0.15, 0.2) is 18.5 Å². The van der Waals surface area contributed by atoms with E-state index in [0.29, 0.717) is 0 Å². The van der Waals surface area contributed by atoms with E-state index in [9.17, 15) is 14.0 Å². The number of aromatic nitrogens is 1. The summed E-state index contributed by atoms with van der Waals surface area (Å²) in [6.07, 6.45) is 2.20. The molecule has 0 radical (unpaired) electrons. The number of nitrogens with one attached hydrogen (secondary N) is 1. The molecular weight excluding hydrogens is 189 g/mol. The summed E-state index contributed by atoms with van der Waals surface area (Å²) < 4.78 is 12.9. The molecule has 5 nitrogen and oxygen atoms in total. The van der Waals surface area contributed by atoms with Gasteiger partial charge in [0, 0.05) is 6.20 Å². The van der Waals surface area contributed by atoms with Crippen molar-refractivity contribution in [1.82, 2.24) is 10.3 Å². The summed E-state index contributed by atoms with van der Waals surface area (Å²) in [4.78, 5) is 25.0. The molecule has 1 heterocycles. The zero-order valence-corrected chi connectivity index (χ0v) is 7.16. The quantitative estimate of drug-likeness (QED) is 0.680. The van der Waals surface area contributed by atoms with Gasteiger partial charge in [0.25, 0.3) is 5.91 Å². The predicted octanol–water partition coefficient (Wildman–Crippen LogP) is -0.564. The van der Waals surface area contributed by atoms with Gasteiger partial charge in [0.2, 0.25) is 5.91 Å². The van der Waals surface area contributed by atoms with Crippen molar-refractivity contribution in [1.29, 1.82) is 0 Å². The minimum atomic E-state index is -0.741. The smallest absolute Gasteiger partial charge is 0.254 e. The summed E-state index contributed by atoms with van der Waals surface area (Å²) in [5.41, 5.74) is 4.63. The average Bonchev–Trinajstić information content (AvgIpc) is 2.15. The number of hydrogen-bond donors (Lipinski definition) is 2. The number of rotatable bonds is 3. The first-order valence-corrected chi connectivity index (χ1v) is 3.77. The van der Waals surface area contributed by atoms with Gasteiger partial charge in [0.15, 0.2) is 5.82 Å². The van der Waals surface area contributed by atoms with Crippen LogP contribution in [-0.2, 0) is 4.79 Å². The van der Waals surface area contributed by atoms with E-state index in [0.717, 1.165) is 6.20 Å². The van der Waals surface area contributed by atoms with Gasteiger partial charge in [-0.05, 0) is 6.07 Å². The fraction of sp³-hybridized carbons (Fsp3) is 0.125. The fourth-order valence-electron chi connectivity index (χ4n) is 0.822. The van der Waals surface area contributed by atoms with E-state index >= 15 is 0 Å². The molecule has 0 saturated heterocycles. The van der Waals surface area contributed by atoms with Crippen molar-refractivity contribution >= 4 is 11.8 Å². The third kappa shape index (κ3) is 2.51. The topological polar surface area (TPSA) is 85.1 Å². The van der Waals surface area contributed by atoms with Crippen LogP contribution in [0.1, 0.15) is 10.4 Å². The minimum absolute atomic E-state index is 0.166. The number of amides is 2. The van der Waals surface area contributed by atoms with Gasteiger partial charge < -0.3 is 11.1 Å². The molecule has 6 heteroatoms. The summed E-state index contributed by atoms with van der Waals surface area (Å²) in [7, 11) is 0. The second-order valence-electron chi connectivity index (χ2n) is 2.50. The van der Waals surface area contributed by atoms with Gasteiger partial charge in [-0.15, -0.1) is 0 Å². The Bertz CT molecular complexity index is 367. The number of halogens is 1. The molecule has 1 rings (SSSR count). The van der Waals surface area contributed by atoms with Crippen LogP contribution in [0.3, 0.4) is 0 Å². The van der Waals surface area contributed by atoms with Gasteiger partial charge in [0.05, 0.1) is 18.3 Å². The van der Waals surface area contributed by atoms with Crippen LogP contribution in [0.5, 0.6) is 0 Å². The Kier molecular flexibility index (Phi) is 3.11. The van der Waals surface area contributed by atoms with Crippen molar-refractivity contribution in [2.24, 2.45) is 5.73 Å². The SMILES string of the molecule is NC(=O)CNC(=O)c1ccncc1F. The molecule has 0 unspecified atom stereocenters. The third-order valence-electron chi connectivity index (χ3n) is 1.44. The molecule has 0 aliphatic carbocycles. The highest BCUT2D eigenvalue weighted by molar-refractivity contribution is 5.96. The standard InChI is InChI=1S/C8H8FN3O2/c9-6-3-11-2-1-5(6)8(14)12-4-7(10)13/h1-3H,4H2,(H2,10,13)(H,12,14). The van der Waals surface area contributed by atoms with E-state index < -0.39 is 17.6 Å². The maximum Gasteiger partial charge on any atom is 0.254 e. The van der Waals surface area contributed by atoms with Gasteiger partial charge in [0.1, 0.15) is 0 Å². The summed E-state index contributed by atoms with van der Waals surface area (Å²) in [5, 5.41) is 2.16. The van der Waals surface area contributed by atoms with Crippen LogP contribution in [-0.4, -0.2) is 23.3 Å². The largest absolute Gasteiger partial charge is 0.368 e. The molecule has 1 aromatic rings. The molecule has 3 N–H and O–H groups in total. The van der Waals surface area contributed by atoms with Crippen LogP contribution in [0.4, 0.5) is 4.39 Å². The monoisotopic (exact) mass is 197 g/mol. The third-order valence-corrected chi connectivity index (χ3v) is 1.44. The van der Waals surface area contributed by atoms with Crippen LogP contribution in [0.2, 0.25) is 0 Å². The first-order chi connectivity index (χ1) is 6.61.